The summed E-state index contributed by atoms with van der Waals surface area (Å²) in [5, 5.41) is 3.53. The van der Waals surface area contributed by atoms with E-state index >= 15 is 0 Å². The smallest absolute Gasteiger partial charge is 0.249 e. The van der Waals surface area contributed by atoms with Gasteiger partial charge in [-0.05, 0) is 86.3 Å². The van der Waals surface area contributed by atoms with E-state index in [1.165, 1.54) is 12.3 Å². The molecule has 5 rings (SSSR count). The largest absolute Gasteiger partial charge is 0.495 e. The van der Waals surface area contributed by atoms with E-state index in [0.717, 1.165) is 65.7 Å². The number of nitrogen functional groups attached to an aromatic ring is 1. The third-order valence-electron chi connectivity index (χ3n) is 8.40. The third-order valence-corrected chi connectivity index (χ3v) is 8.40. The molecule has 2 aliphatic rings. The van der Waals surface area contributed by atoms with E-state index in [9.17, 15) is 8.78 Å². The summed E-state index contributed by atoms with van der Waals surface area (Å²) >= 11 is 0. The van der Waals surface area contributed by atoms with Crippen LogP contribution in [0.25, 0.3) is 17.0 Å². The SMILES string of the molecule is C=C(NCC(c1cc(C(C)CC)c(C)c(-c2ccnc(F)c2F)n1)C1CC1)c1cc(C=NC2CC2)c(N)c(OC)c1. The highest BCUT2D eigenvalue weighted by molar-refractivity contribution is 5.91. The fourth-order valence-corrected chi connectivity index (χ4v) is 5.29. The predicted molar refractivity (Wildman–Crippen MR) is 161 cm³/mol. The number of hydrogen-bond acceptors (Lipinski definition) is 6. The standard InChI is InChI=1S/C33H39F2N5O/c1-6-18(2)26-15-28(40-32(19(26)3)25-11-12-37-33(35)30(25)34)27(21-7-8-21)17-38-20(4)22-13-23(16-39-24-9-10-24)31(36)29(14-22)41-5/h11-16,18,21,24,27,38H,4,6-10,17,36H2,1-3,5H3. The summed E-state index contributed by atoms with van der Waals surface area (Å²) < 4.78 is 34.6. The zero-order valence-corrected chi connectivity index (χ0v) is 24.3. The lowest BCUT2D eigenvalue weighted by atomic mass is 9.88. The van der Waals surface area contributed by atoms with Gasteiger partial charge in [-0.2, -0.15) is 4.39 Å². The van der Waals surface area contributed by atoms with Crippen molar-refractivity contribution in [3.63, 3.8) is 0 Å². The van der Waals surface area contributed by atoms with Gasteiger partial charge in [0, 0.05) is 53.0 Å². The monoisotopic (exact) mass is 559 g/mol. The molecule has 2 saturated carbocycles. The first-order valence-corrected chi connectivity index (χ1v) is 14.5. The number of methoxy groups -OCH3 is 1. The van der Waals surface area contributed by atoms with Crippen LogP contribution in [0.1, 0.15) is 85.7 Å². The van der Waals surface area contributed by atoms with Crippen molar-refractivity contribution in [2.45, 2.75) is 70.8 Å². The molecule has 2 heterocycles. The maximum Gasteiger partial charge on any atom is 0.249 e. The van der Waals surface area contributed by atoms with Gasteiger partial charge in [-0.15, -0.1) is 0 Å². The van der Waals surface area contributed by atoms with Crippen molar-refractivity contribution in [1.82, 2.24) is 15.3 Å². The number of aromatic nitrogens is 2. The van der Waals surface area contributed by atoms with Gasteiger partial charge in [0.25, 0.3) is 0 Å². The highest BCUT2D eigenvalue weighted by Gasteiger charge is 2.34. The highest BCUT2D eigenvalue weighted by atomic mass is 19.2. The molecule has 2 aromatic heterocycles. The van der Waals surface area contributed by atoms with Crippen LogP contribution >= 0.6 is 0 Å². The molecule has 0 saturated heterocycles. The molecule has 0 radical (unpaired) electrons. The van der Waals surface area contributed by atoms with E-state index in [0.29, 0.717) is 35.6 Å². The minimum Gasteiger partial charge on any atom is -0.495 e. The number of nitrogens with two attached hydrogens (primary N) is 1. The molecule has 0 amide bonds. The molecule has 2 atom stereocenters. The molecule has 3 N–H and O–H groups in total. The fourth-order valence-electron chi connectivity index (χ4n) is 5.29. The van der Waals surface area contributed by atoms with Crippen molar-refractivity contribution in [2.24, 2.45) is 10.9 Å². The third kappa shape index (κ3) is 6.26. The first-order valence-electron chi connectivity index (χ1n) is 14.5. The normalized spacial score (nSPS) is 16.5. The van der Waals surface area contributed by atoms with Gasteiger partial charge in [-0.25, -0.2) is 9.37 Å². The quantitative estimate of drug-likeness (QED) is 0.140. The van der Waals surface area contributed by atoms with Gasteiger partial charge in [0.05, 0.1) is 24.5 Å². The van der Waals surface area contributed by atoms with Crippen LogP contribution in [0.5, 0.6) is 5.75 Å². The van der Waals surface area contributed by atoms with Crippen LogP contribution in [-0.4, -0.2) is 35.9 Å². The summed E-state index contributed by atoms with van der Waals surface area (Å²) in [5.41, 5.74) is 12.8. The molecule has 0 spiro atoms. The Bertz CT molecular complexity index is 1480. The van der Waals surface area contributed by atoms with Crippen LogP contribution in [0.4, 0.5) is 14.5 Å². The molecule has 1 aromatic carbocycles. The second kappa shape index (κ2) is 12.0. The van der Waals surface area contributed by atoms with Crippen LogP contribution in [0.15, 0.2) is 42.0 Å². The zero-order chi connectivity index (χ0) is 29.3. The lowest BCUT2D eigenvalue weighted by Gasteiger charge is -2.24. The molecule has 2 fully saturated rings. The van der Waals surface area contributed by atoms with Crippen LogP contribution in [0.3, 0.4) is 0 Å². The molecule has 41 heavy (non-hydrogen) atoms. The van der Waals surface area contributed by atoms with Crippen LogP contribution in [0, 0.1) is 24.6 Å². The second-order valence-corrected chi connectivity index (χ2v) is 11.4. The molecule has 6 nitrogen and oxygen atoms in total. The summed E-state index contributed by atoms with van der Waals surface area (Å²) in [7, 11) is 1.60. The topological polar surface area (TPSA) is 85.4 Å². The average Bonchev–Trinajstić information content (AvgIpc) is 3.90. The number of nitrogens with one attached hydrogen (secondary N) is 1. The van der Waals surface area contributed by atoms with Gasteiger partial charge in [0.1, 0.15) is 5.75 Å². The van der Waals surface area contributed by atoms with Crippen molar-refractivity contribution in [3.8, 4) is 17.0 Å². The zero-order valence-electron chi connectivity index (χ0n) is 24.3. The number of hydrogen-bond donors (Lipinski definition) is 2. The Balaban J connectivity index is 1.46. The number of anilines is 1. The Morgan fingerprint density at radius 2 is 2.00 bits per heavy atom. The number of pyridine rings is 2. The summed E-state index contributed by atoms with van der Waals surface area (Å²) in [5.74, 6) is -0.735. The number of halogens is 2. The van der Waals surface area contributed by atoms with Crippen molar-refractivity contribution < 1.29 is 13.5 Å². The Hall–Kier alpha value is -3.81. The molecule has 8 heteroatoms. The minimum atomic E-state index is -1.11. The summed E-state index contributed by atoms with van der Waals surface area (Å²) in [6, 6.07) is 7.91. The molecule has 0 bridgehead atoms. The lowest BCUT2D eigenvalue weighted by Crippen LogP contribution is -2.23. The number of benzene rings is 1. The van der Waals surface area contributed by atoms with E-state index in [1.807, 2.05) is 25.3 Å². The highest BCUT2D eigenvalue weighted by Crippen LogP contribution is 2.44. The Kier molecular flexibility index (Phi) is 8.38. The van der Waals surface area contributed by atoms with Gasteiger partial charge >= 0.3 is 0 Å². The maximum absolute atomic E-state index is 14.9. The van der Waals surface area contributed by atoms with Crippen molar-refractivity contribution in [3.05, 3.63) is 76.8 Å². The first kappa shape index (κ1) is 28.7. The number of nitrogens with zero attached hydrogens (tertiary/aromatic N) is 3. The van der Waals surface area contributed by atoms with Crippen molar-refractivity contribution in [1.29, 1.82) is 0 Å². The molecule has 2 unspecified atom stereocenters. The number of aliphatic imine (C=N–C) groups is 1. The van der Waals surface area contributed by atoms with Crippen molar-refractivity contribution in [2.75, 3.05) is 19.4 Å². The molecular weight excluding hydrogens is 520 g/mol. The summed E-state index contributed by atoms with van der Waals surface area (Å²) in [6.07, 6.45) is 8.45. The van der Waals surface area contributed by atoms with Crippen LogP contribution < -0.4 is 15.8 Å². The van der Waals surface area contributed by atoms with Gasteiger partial charge in [0.2, 0.25) is 5.95 Å². The van der Waals surface area contributed by atoms with Gasteiger partial charge in [-0.3, -0.25) is 9.98 Å². The maximum atomic E-state index is 14.9. The predicted octanol–water partition coefficient (Wildman–Crippen LogP) is 7.17. The van der Waals surface area contributed by atoms with Crippen LogP contribution in [-0.2, 0) is 0 Å². The average molecular weight is 560 g/mol. The summed E-state index contributed by atoms with van der Waals surface area (Å²) in [6.45, 7) is 11.1. The first-order chi connectivity index (χ1) is 19.7. The molecule has 2 aliphatic carbocycles. The molecule has 0 aliphatic heterocycles. The Labute approximate surface area is 241 Å². The van der Waals surface area contributed by atoms with E-state index in [1.54, 1.807) is 7.11 Å². The van der Waals surface area contributed by atoms with Crippen molar-refractivity contribution >= 4 is 17.6 Å². The second-order valence-electron chi connectivity index (χ2n) is 11.4. The van der Waals surface area contributed by atoms with Gasteiger partial charge < -0.3 is 15.8 Å². The number of ether oxygens (including phenoxy) is 1. The Morgan fingerprint density at radius 3 is 2.66 bits per heavy atom. The fraction of sp³-hybridized carbons (Fsp3) is 0.424. The Morgan fingerprint density at radius 1 is 1.24 bits per heavy atom. The molecule has 3 aromatic rings. The van der Waals surface area contributed by atoms with Gasteiger partial charge in [-0.1, -0.05) is 20.4 Å². The summed E-state index contributed by atoms with van der Waals surface area (Å²) in [4.78, 5) is 13.0. The van der Waals surface area contributed by atoms with E-state index in [2.05, 4.69) is 41.8 Å². The minimum absolute atomic E-state index is 0.0789. The molecule has 216 valence electrons. The molecular formula is C33H39F2N5O. The van der Waals surface area contributed by atoms with E-state index < -0.39 is 11.8 Å². The van der Waals surface area contributed by atoms with E-state index in [-0.39, 0.29) is 17.4 Å². The van der Waals surface area contributed by atoms with Gasteiger partial charge in [0.15, 0.2) is 5.82 Å². The number of rotatable bonds is 12. The van der Waals surface area contributed by atoms with E-state index in [4.69, 9.17) is 15.5 Å². The lowest BCUT2D eigenvalue weighted by molar-refractivity contribution is 0.417. The van der Waals surface area contributed by atoms with Crippen LogP contribution in [0.2, 0.25) is 0 Å².